The number of phenols is 1. The Labute approximate surface area is 113 Å². The molecule has 0 spiro atoms. The lowest BCUT2D eigenvalue weighted by atomic mass is 10.2. The molecule has 0 aliphatic carbocycles. The van der Waals surface area contributed by atoms with Crippen LogP contribution in [0.15, 0.2) is 30.6 Å². The number of urea groups is 1. The molecule has 104 valence electrons. The van der Waals surface area contributed by atoms with E-state index in [0.717, 1.165) is 11.6 Å². The van der Waals surface area contributed by atoms with Crippen LogP contribution >= 0.6 is 0 Å². The Balaban J connectivity index is 1.95. The Morgan fingerprint density at radius 1 is 1.35 bits per heavy atom. The maximum atomic E-state index is 11.6. The molecule has 20 heavy (non-hydrogen) atoms. The number of phenolic OH excluding ortho intramolecular Hbond substituents is 1. The van der Waals surface area contributed by atoms with Gasteiger partial charge in [0.05, 0.1) is 17.4 Å². The summed E-state index contributed by atoms with van der Waals surface area (Å²) in [7, 11) is 0. The van der Waals surface area contributed by atoms with Crippen LogP contribution in [0, 0.1) is 0 Å². The van der Waals surface area contributed by atoms with Crippen molar-refractivity contribution in [3.05, 3.63) is 41.7 Å². The second-order valence-electron chi connectivity index (χ2n) is 3.95. The third-order valence-corrected chi connectivity index (χ3v) is 2.50. The van der Waals surface area contributed by atoms with Gasteiger partial charge < -0.3 is 20.8 Å². The minimum Gasteiger partial charge on any atom is -0.506 e. The number of hydrogen-bond acceptors (Lipinski definition) is 4. The van der Waals surface area contributed by atoms with Crippen LogP contribution in [0.2, 0.25) is 0 Å². The van der Waals surface area contributed by atoms with E-state index in [1.54, 1.807) is 12.4 Å². The highest BCUT2D eigenvalue weighted by Crippen LogP contribution is 2.24. The number of carbonyl (C=O) groups is 2. The molecule has 0 unspecified atom stereocenters. The molecule has 1 aromatic heterocycles. The van der Waals surface area contributed by atoms with Crippen LogP contribution in [0.25, 0.3) is 0 Å². The zero-order valence-electron chi connectivity index (χ0n) is 10.3. The van der Waals surface area contributed by atoms with Gasteiger partial charge in [-0.3, -0.25) is 5.10 Å². The van der Waals surface area contributed by atoms with Crippen molar-refractivity contribution >= 4 is 17.7 Å². The normalized spacial score (nSPS) is 10.0. The van der Waals surface area contributed by atoms with Crippen molar-refractivity contribution in [1.82, 2.24) is 15.5 Å². The summed E-state index contributed by atoms with van der Waals surface area (Å²) in [6.07, 6.45) is 3.21. The number of aromatic nitrogens is 2. The average molecular weight is 276 g/mol. The lowest BCUT2D eigenvalue weighted by Gasteiger charge is -2.08. The van der Waals surface area contributed by atoms with Crippen LogP contribution in [0.1, 0.15) is 15.9 Å². The average Bonchev–Trinajstić information content (AvgIpc) is 2.91. The van der Waals surface area contributed by atoms with E-state index in [-0.39, 0.29) is 23.5 Å². The first kappa shape index (κ1) is 13.4. The van der Waals surface area contributed by atoms with Crippen molar-refractivity contribution in [2.24, 2.45) is 0 Å². The number of benzene rings is 1. The molecule has 0 aliphatic heterocycles. The topological polar surface area (TPSA) is 127 Å². The molecule has 2 rings (SSSR count). The van der Waals surface area contributed by atoms with E-state index in [4.69, 9.17) is 5.11 Å². The SMILES string of the molecule is O=C(NCc1cn[nH]c1)Nc1ccc(C(=O)O)cc1O. The molecule has 2 aromatic rings. The number of amides is 2. The summed E-state index contributed by atoms with van der Waals surface area (Å²) >= 11 is 0. The zero-order chi connectivity index (χ0) is 14.5. The summed E-state index contributed by atoms with van der Waals surface area (Å²) in [6.45, 7) is 0.274. The van der Waals surface area contributed by atoms with Gasteiger partial charge in [0, 0.05) is 18.3 Å². The molecule has 0 bridgehead atoms. The van der Waals surface area contributed by atoms with Crippen LogP contribution in [-0.4, -0.2) is 32.4 Å². The predicted octanol–water partition coefficient (Wildman–Crippen LogP) is 1.14. The van der Waals surface area contributed by atoms with Crippen molar-refractivity contribution in [2.45, 2.75) is 6.54 Å². The van der Waals surface area contributed by atoms with Gasteiger partial charge in [-0.15, -0.1) is 0 Å². The summed E-state index contributed by atoms with van der Waals surface area (Å²) in [5.74, 6) is -1.47. The van der Waals surface area contributed by atoms with Crippen molar-refractivity contribution in [2.75, 3.05) is 5.32 Å². The number of anilines is 1. The van der Waals surface area contributed by atoms with Crippen LogP contribution in [0.4, 0.5) is 10.5 Å². The van der Waals surface area contributed by atoms with Crippen molar-refractivity contribution in [3.8, 4) is 5.75 Å². The molecule has 0 saturated heterocycles. The third-order valence-electron chi connectivity index (χ3n) is 2.50. The smallest absolute Gasteiger partial charge is 0.335 e. The molecule has 8 heteroatoms. The second kappa shape index (κ2) is 5.74. The highest BCUT2D eigenvalue weighted by molar-refractivity contribution is 5.93. The third kappa shape index (κ3) is 3.25. The number of carboxylic acid groups (broad SMARTS) is 1. The molecule has 0 aliphatic rings. The molecule has 0 fully saturated rings. The largest absolute Gasteiger partial charge is 0.506 e. The number of aromatic carboxylic acids is 1. The van der Waals surface area contributed by atoms with E-state index < -0.39 is 12.0 Å². The van der Waals surface area contributed by atoms with E-state index in [9.17, 15) is 14.7 Å². The number of nitrogens with one attached hydrogen (secondary N) is 3. The van der Waals surface area contributed by atoms with Gasteiger partial charge >= 0.3 is 12.0 Å². The van der Waals surface area contributed by atoms with E-state index in [1.807, 2.05) is 0 Å². The zero-order valence-corrected chi connectivity index (χ0v) is 10.3. The molecule has 0 saturated carbocycles. The van der Waals surface area contributed by atoms with E-state index in [1.165, 1.54) is 12.1 Å². The Hall–Kier alpha value is -3.03. The Bertz CT molecular complexity index is 624. The van der Waals surface area contributed by atoms with E-state index >= 15 is 0 Å². The molecule has 0 atom stereocenters. The Morgan fingerprint density at radius 2 is 2.15 bits per heavy atom. The van der Waals surface area contributed by atoms with Crippen LogP contribution in [0.5, 0.6) is 5.75 Å². The lowest BCUT2D eigenvalue weighted by molar-refractivity contribution is 0.0696. The van der Waals surface area contributed by atoms with Gasteiger partial charge in [-0.05, 0) is 18.2 Å². The summed E-state index contributed by atoms with van der Waals surface area (Å²) in [6, 6.07) is 3.14. The number of carbonyl (C=O) groups excluding carboxylic acids is 1. The van der Waals surface area contributed by atoms with Crippen molar-refractivity contribution < 1.29 is 19.8 Å². The molecule has 2 amide bonds. The van der Waals surface area contributed by atoms with Gasteiger partial charge in [0.15, 0.2) is 0 Å². The fourth-order valence-electron chi connectivity index (χ4n) is 1.49. The van der Waals surface area contributed by atoms with Gasteiger partial charge in [0.1, 0.15) is 5.75 Å². The minimum absolute atomic E-state index is 0.0631. The van der Waals surface area contributed by atoms with Gasteiger partial charge in [-0.2, -0.15) is 5.10 Å². The Kier molecular flexibility index (Phi) is 3.85. The second-order valence-corrected chi connectivity index (χ2v) is 3.95. The van der Waals surface area contributed by atoms with Crippen LogP contribution in [-0.2, 0) is 6.54 Å². The van der Waals surface area contributed by atoms with Crippen LogP contribution in [0.3, 0.4) is 0 Å². The molecule has 0 radical (unpaired) electrons. The molecule has 5 N–H and O–H groups in total. The highest BCUT2D eigenvalue weighted by atomic mass is 16.4. The molecule has 1 aromatic carbocycles. The Morgan fingerprint density at radius 3 is 2.75 bits per heavy atom. The van der Waals surface area contributed by atoms with E-state index in [2.05, 4.69) is 20.8 Å². The first-order chi connectivity index (χ1) is 9.56. The number of hydrogen-bond donors (Lipinski definition) is 5. The van der Waals surface area contributed by atoms with E-state index in [0.29, 0.717) is 0 Å². The number of aromatic amines is 1. The fraction of sp³-hybridized carbons (Fsp3) is 0.0833. The van der Waals surface area contributed by atoms with Crippen molar-refractivity contribution in [3.63, 3.8) is 0 Å². The van der Waals surface area contributed by atoms with Gasteiger partial charge in [0.25, 0.3) is 0 Å². The highest BCUT2D eigenvalue weighted by Gasteiger charge is 2.10. The van der Waals surface area contributed by atoms with Gasteiger partial charge in [-0.1, -0.05) is 0 Å². The summed E-state index contributed by atoms with van der Waals surface area (Å²) in [4.78, 5) is 22.3. The minimum atomic E-state index is -1.16. The molecular formula is C12H12N4O4. The number of H-pyrrole nitrogens is 1. The van der Waals surface area contributed by atoms with Gasteiger partial charge in [-0.25, -0.2) is 9.59 Å². The summed E-state index contributed by atoms with van der Waals surface area (Å²) in [5, 5.41) is 29.7. The fourth-order valence-corrected chi connectivity index (χ4v) is 1.49. The quantitative estimate of drug-likeness (QED) is 0.535. The standard InChI is InChI=1S/C12H12N4O4/c17-10-3-8(11(18)19)1-2-9(10)16-12(20)13-4-7-5-14-15-6-7/h1-3,5-6,17H,4H2,(H,14,15)(H,18,19)(H2,13,16,20). The van der Waals surface area contributed by atoms with Crippen LogP contribution < -0.4 is 10.6 Å². The maximum Gasteiger partial charge on any atom is 0.335 e. The number of aromatic hydroxyl groups is 1. The molecule has 8 nitrogen and oxygen atoms in total. The molecular weight excluding hydrogens is 264 g/mol. The van der Waals surface area contributed by atoms with Gasteiger partial charge in [0.2, 0.25) is 0 Å². The lowest BCUT2D eigenvalue weighted by Crippen LogP contribution is -2.28. The first-order valence-corrected chi connectivity index (χ1v) is 5.65. The monoisotopic (exact) mass is 276 g/mol. The number of nitrogens with zero attached hydrogens (tertiary/aromatic N) is 1. The maximum absolute atomic E-state index is 11.6. The predicted molar refractivity (Wildman–Crippen MR) is 69.5 cm³/mol. The number of rotatable bonds is 4. The summed E-state index contributed by atoms with van der Waals surface area (Å²) in [5.41, 5.74) is 0.858. The molecule has 1 heterocycles. The summed E-state index contributed by atoms with van der Waals surface area (Å²) < 4.78 is 0. The first-order valence-electron chi connectivity index (χ1n) is 5.65. The number of carboxylic acids is 1. The van der Waals surface area contributed by atoms with Crippen molar-refractivity contribution in [1.29, 1.82) is 0 Å².